The number of nitrogens with one attached hydrogen (secondary N) is 1. The van der Waals surface area contributed by atoms with Gasteiger partial charge in [0.15, 0.2) is 0 Å². The number of halogens is 1. The highest BCUT2D eigenvalue weighted by molar-refractivity contribution is 5.93. The largest absolute Gasteiger partial charge is 0.315 e. The number of carbonyl (C=O) groups excluding carboxylic acids is 1. The quantitative estimate of drug-likeness (QED) is 0.924. The van der Waals surface area contributed by atoms with Crippen molar-refractivity contribution in [2.24, 2.45) is 0 Å². The molecule has 0 aliphatic carbocycles. The third-order valence-electron chi connectivity index (χ3n) is 3.90. The van der Waals surface area contributed by atoms with Crippen LogP contribution in [0.5, 0.6) is 0 Å². The van der Waals surface area contributed by atoms with Gasteiger partial charge in [-0.1, -0.05) is 26.0 Å². The van der Waals surface area contributed by atoms with Gasteiger partial charge in [-0.05, 0) is 43.0 Å². The summed E-state index contributed by atoms with van der Waals surface area (Å²) in [6.07, 6.45) is 2.90. The van der Waals surface area contributed by atoms with Gasteiger partial charge in [-0.2, -0.15) is 0 Å². The van der Waals surface area contributed by atoms with Crippen LogP contribution in [0.4, 0.5) is 5.69 Å². The minimum atomic E-state index is 0. The molecule has 1 atom stereocenters. The Kier molecular flexibility index (Phi) is 6.50. The van der Waals surface area contributed by atoms with E-state index in [0.29, 0.717) is 18.4 Å². The predicted molar refractivity (Wildman–Crippen MR) is 86.8 cm³/mol. The summed E-state index contributed by atoms with van der Waals surface area (Å²) in [4.78, 5) is 14.0. The van der Waals surface area contributed by atoms with Crippen molar-refractivity contribution in [3.8, 4) is 0 Å². The Labute approximate surface area is 128 Å². The normalized spacial score (nSPS) is 17.9. The number of amides is 1. The van der Waals surface area contributed by atoms with E-state index in [-0.39, 0.29) is 18.3 Å². The van der Waals surface area contributed by atoms with E-state index in [2.05, 4.69) is 31.3 Å². The van der Waals surface area contributed by atoms with E-state index in [9.17, 15) is 4.79 Å². The Bertz CT molecular complexity index is 425. The van der Waals surface area contributed by atoms with Crippen LogP contribution < -0.4 is 10.2 Å². The van der Waals surface area contributed by atoms with Crippen LogP contribution in [0.2, 0.25) is 0 Å². The van der Waals surface area contributed by atoms with E-state index in [0.717, 1.165) is 18.7 Å². The second kappa shape index (κ2) is 7.65. The third kappa shape index (κ3) is 4.22. The third-order valence-corrected chi connectivity index (χ3v) is 3.90. The molecule has 1 N–H and O–H groups in total. The molecule has 4 heteroatoms. The van der Waals surface area contributed by atoms with E-state index in [4.69, 9.17) is 0 Å². The fourth-order valence-electron chi connectivity index (χ4n) is 2.51. The van der Waals surface area contributed by atoms with Gasteiger partial charge in [-0.25, -0.2) is 0 Å². The lowest BCUT2D eigenvalue weighted by molar-refractivity contribution is -0.118. The fraction of sp³-hybridized carbons (Fsp3) is 0.562. The van der Waals surface area contributed by atoms with E-state index in [1.54, 1.807) is 4.90 Å². The average Bonchev–Trinajstić information content (AvgIpc) is 2.90. The maximum atomic E-state index is 12.2. The van der Waals surface area contributed by atoms with E-state index >= 15 is 0 Å². The number of hydrogen-bond acceptors (Lipinski definition) is 2. The predicted octanol–water partition coefficient (Wildman–Crippen LogP) is 3.34. The molecule has 2 rings (SSSR count). The summed E-state index contributed by atoms with van der Waals surface area (Å²) in [7, 11) is 1.86. The highest BCUT2D eigenvalue weighted by atomic mass is 35.5. The minimum Gasteiger partial charge on any atom is -0.315 e. The van der Waals surface area contributed by atoms with Gasteiger partial charge in [0.1, 0.15) is 0 Å². The maximum Gasteiger partial charge on any atom is 0.228 e. The van der Waals surface area contributed by atoms with E-state index < -0.39 is 0 Å². The molecule has 1 fully saturated rings. The van der Waals surface area contributed by atoms with E-state index in [1.165, 1.54) is 12.0 Å². The topological polar surface area (TPSA) is 32.3 Å². The van der Waals surface area contributed by atoms with Crippen LogP contribution in [-0.2, 0) is 4.79 Å². The first kappa shape index (κ1) is 17.0. The first-order chi connectivity index (χ1) is 9.08. The van der Waals surface area contributed by atoms with Crippen LogP contribution in [0.3, 0.4) is 0 Å². The fourth-order valence-corrected chi connectivity index (χ4v) is 2.51. The zero-order valence-electron chi connectivity index (χ0n) is 12.6. The summed E-state index contributed by atoms with van der Waals surface area (Å²) in [5.74, 6) is 0.717. The Morgan fingerprint density at radius 3 is 2.50 bits per heavy atom. The monoisotopic (exact) mass is 296 g/mol. The summed E-state index contributed by atoms with van der Waals surface area (Å²) < 4.78 is 0. The first-order valence-corrected chi connectivity index (χ1v) is 7.18. The van der Waals surface area contributed by atoms with Crippen molar-refractivity contribution in [1.29, 1.82) is 0 Å². The molecule has 20 heavy (non-hydrogen) atoms. The molecule has 1 amide bonds. The van der Waals surface area contributed by atoms with Crippen molar-refractivity contribution in [2.45, 2.75) is 45.1 Å². The minimum absolute atomic E-state index is 0. The van der Waals surface area contributed by atoms with Crippen molar-refractivity contribution in [2.75, 3.05) is 18.5 Å². The summed E-state index contributed by atoms with van der Waals surface area (Å²) in [6, 6.07) is 8.66. The number of anilines is 1. The van der Waals surface area contributed by atoms with Crippen LogP contribution in [0.25, 0.3) is 0 Å². The van der Waals surface area contributed by atoms with Gasteiger partial charge in [0.25, 0.3) is 0 Å². The van der Waals surface area contributed by atoms with Crippen LogP contribution in [-0.4, -0.2) is 25.5 Å². The molecular weight excluding hydrogens is 272 g/mol. The smallest absolute Gasteiger partial charge is 0.228 e. The van der Waals surface area contributed by atoms with Crippen molar-refractivity contribution in [3.05, 3.63) is 29.8 Å². The molecule has 0 aromatic heterocycles. The molecule has 1 aromatic rings. The SMILES string of the molecule is CC(C)c1ccc(N(C)C(=O)CC2CCCN2)cc1.Cl. The van der Waals surface area contributed by atoms with Gasteiger partial charge in [-0.3, -0.25) is 4.79 Å². The number of hydrogen-bond donors (Lipinski definition) is 1. The number of rotatable bonds is 4. The van der Waals surface area contributed by atoms with Gasteiger partial charge in [0, 0.05) is 25.2 Å². The van der Waals surface area contributed by atoms with Crippen LogP contribution in [0.1, 0.15) is 44.6 Å². The molecule has 1 aliphatic heterocycles. The van der Waals surface area contributed by atoms with Gasteiger partial charge in [0.05, 0.1) is 0 Å². The van der Waals surface area contributed by atoms with Gasteiger partial charge < -0.3 is 10.2 Å². The molecule has 0 saturated carbocycles. The summed E-state index contributed by atoms with van der Waals surface area (Å²) in [5.41, 5.74) is 2.29. The lowest BCUT2D eigenvalue weighted by Gasteiger charge is -2.20. The number of nitrogens with zero attached hydrogens (tertiary/aromatic N) is 1. The Hall–Kier alpha value is -1.06. The molecular formula is C16H25ClN2O. The summed E-state index contributed by atoms with van der Waals surface area (Å²) in [6.45, 7) is 5.40. The van der Waals surface area contributed by atoms with Crippen molar-refractivity contribution in [1.82, 2.24) is 5.32 Å². The lowest BCUT2D eigenvalue weighted by Crippen LogP contribution is -2.33. The standard InChI is InChI=1S/C16H24N2O.ClH/c1-12(2)13-6-8-15(9-7-13)18(3)16(19)11-14-5-4-10-17-14;/h6-9,12,14,17H,4-5,10-11H2,1-3H3;1H. The molecule has 1 saturated heterocycles. The molecule has 1 aliphatic rings. The molecule has 3 nitrogen and oxygen atoms in total. The highest BCUT2D eigenvalue weighted by Crippen LogP contribution is 2.20. The molecule has 112 valence electrons. The van der Waals surface area contributed by atoms with Crippen LogP contribution in [0, 0.1) is 0 Å². The Morgan fingerprint density at radius 1 is 1.35 bits per heavy atom. The lowest BCUT2D eigenvalue weighted by atomic mass is 10.0. The zero-order chi connectivity index (χ0) is 13.8. The van der Waals surface area contributed by atoms with Gasteiger partial charge >= 0.3 is 0 Å². The molecule has 1 aromatic carbocycles. The number of carbonyl (C=O) groups is 1. The van der Waals surface area contributed by atoms with Crippen molar-refractivity contribution < 1.29 is 4.79 Å². The molecule has 1 unspecified atom stereocenters. The molecule has 0 bridgehead atoms. The van der Waals surface area contributed by atoms with Gasteiger partial charge in [-0.15, -0.1) is 12.4 Å². The zero-order valence-corrected chi connectivity index (χ0v) is 13.4. The molecule has 0 radical (unpaired) electrons. The van der Waals surface area contributed by atoms with E-state index in [1.807, 2.05) is 19.2 Å². The second-order valence-electron chi connectivity index (χ2n) is 5.70. The summed E-state index contributed by atoms with van der Waals surface area (Å²) in [5, 5.41) is 3.37. The van der Waals surface area contributed by atoms with Gasteiger partial charge in [0.2, 0.25) is 5.91 Å². The van der Waals surface area contributed by atoms with Crippen LogP contribution in [0.15, 0.2) is 24.3 Å². The maximum absolute atomic E-state index is 12.2. The highest BCUT2D eigenvalue weighted by Gasteiger charge is 2.20. The number of benzene rings is 1. The van der Waals surface area contributed by atoms with Crippen molar-refractivity contribution in [3.63, 3.8) is 0 Å². The molecule has 0 spiro atoms. The van der Waals surface area contributed by atoms with Crippen LogP contribution >= 0.6 is 12.4 Å². The Morgan fingerprint density at radius 2 is 2.00 bits per heavy atom. The van der Waals surface area contributed by atoms with Crippen molar-refractivity contribution >= 4 is 24.0 Å². The molecule has 1 heterocycles. The second-order valence-corrected chi connectivity index (χ2v) is 5.70. The first-order valence-electron chi connectivity index (χ1n) is 7.18. The summed E-state index contributed by atoms with van der Waals surface area (Å²) >= 11 is 0. The average molecular weight is 297 g/mol. The Balaban J connectivity index is 0.00000200.